The predicted octanol–water partition coefficient (Wildman–Crippen LogP) is 2.66. The van der Waals surface area contributed by atoms with Gasteiger partial charge in [0, 0.05) is 42.6 Å². The van der Waals surface area contributed by atoms with Gasteiger partial charge in [-0.05, 0) is 42.1 Å². The Morgan fingerprint density at radius 1 is 1.12 bits per heavy atom. The minimum atomic E-state index is -3.56. The summed E-state index contributed by atoms with van der Waals surface area (Å²) in [6.07, 6.45) is 0.800. The first-order chi connectivity index (χ1) is 12.5. The van der Waals surface area contributed by atoms with Gasteiger partial charge in [0.1, 0.15) is 0 Å². The van der Waals surface area contributed by atoms with Gasteiger partial charge in [0.2, 0.25) is 10.0 Å². The van der Waals surface area contributed by atoms with Crippen molar-refractivity contribution in [1.29, 1.82) is 0 Å². The second-order valence-corrected chi connectivity index (χ2v) is 9.31. The maximum absolute atomic E-state index is 12.6. The zero-order chi connectivity index (χ0) is 18.6. The highest BCUT2D eigenvalue weighted by Gasteiger charge is 2.29. The van der Waals surface area contributed by atoms with Gasteiger partial charge in [0.15, 0.2) is 0 Å². The maximum atomic E-state index is 12.6. The first kappa shape index (κ1) is 19.2. The lowest BCUT2D eigenvalue weighted by Gasteiger charge is -2.34. The number of carbonyl (C=O) groups is 1. The van der Waals surface area contributed by atoms with Crippen LogP contribution in [-0.2, 0) is 16.4 Å². The molecule has 2 heterocycles. The summed E-state index contributed by atoms with van der Waals surface area (Å²) < 4.78 is 26.7. The Morgan fingerprint density at radius 2 is 1.81 bits per heavy atom. The number of thiophene rings is 1. The van der Waals surface area contributed by atoms with E-state index >= 15 is 0 Å². The van der Waals surface area contributed by atoms with Gasteiger partial charge in [-0.3, -0.25) is 0 Å². The van der Waals surface area contributed by atoms with Crippen molar-refractivity contribution < 1.29 is 13.2 Å². The van der Waals surface area contributed by atoms with E-state index in [2.05, 4.69) is 5.32 Å². The smallest absolute Gasteiger partial charge is 0.317 e. The largest absolute Gasteiger partial charge is 0.338 e. The molecule has 1 fully saturated rings. The predicted molar refractivity (Wildman–Crippen MR) is 103 cm³/mol. The molecule has 9 heteroatoms. The summed E-state index contributed by atoms with van der Waals surface area (Å²) in [6.45, 7) is 1.88. The lowest BCUT2D eigenvalue weighted by atomic mass is 10.3. The van der Waals surface area contributed by atoms with Crippen molar-refractivity contribution in [2.45, 2.75) is 11.3 Å². The van der Waals surface area contributed by atoms with E-state index < -0.39 is 10.0 Å². The van der Waals surface area contributed by atoms with Crippen molar-refractivity contribution >= 4 is 39.0 Å². The van der Waals surface area contributed by atoms with Gasteiger partial charge < -0.3 is 10.2 Å². The van der Waals surface area contributed by atoms with Gasteiger partial charge in [-0.25, -0.2) is 13.2 Å². The van der Waals surface area contributed by atoms with Crippen LogP contribution in [0.25, 0.3) is 0 Å². The van der Waals surface area contributed by atoms with Gasteiger partial charge in [-0.1, -0.05) is 17.7 Å². The minimum absolute atomic E-state index is 0.148. The summed E-state index contributed by atoms with van der Waals surface area (Å²) in [4.78, 5) is 15.3. The van der Waals surface area contributed by atoms with Crippen molar-refractivity contribution in [2.75, 3.05) is 32.7 Å². The third-order valence-electron chi connectivity index (χ3n) is 4.20. The van der Waals surface area contributed by atoms with E-state index in [9.17, 15) is 13.2 Å². The molecule has 0 bridgehead atoms. The van der Waals surface area contributed by atoms with Crippen molar-refractivity contribution in [3.63, 3.8) is 0 Å². The van der Waals surface area contributed by atoms with E-state index in [1.165, 1.54) is 21.3 Å². The van der Waals surface area contributed by atoms with E-state index in [1.54, 1.807) is 28.4 Å². The van der Waals surface area contributed by atoms with E-state index in [1.807, 2.05) is 17.5 Å². The fraction of sp³-hybridized carbons (Fsp3) is 0.353. The second-order valence-electron chi connectivity index (χ2n) is 5.91. The zero-order valence-electron chi connectivity index (χ0n) is 14.1. The van der Waals surface area contributed by atoms with Crippen LogP contribution in [0.1, 0.15) is 4.88 Å². The van der Waals surface area contributed by atoms with Crippen LogP contribution in [0.5, 0.6) is 0 Å². The fourth-order valence-electron chi connectivity index (χ4n) is 2.75. The number of urea groups is 1. The van der Waals surface area contributed by atoms with E-state index in [0.29, 0.717) is 24.7 Å². The Morgan fingerprint density at radius 3 is 2.42 bits per heavy atom. The lowest BCUT2D eigenvalue weighted by molar-refractivity contribution is 0.172. The maximum Gasteiger partial charge on any atom is 0.317 e. The summed E-state index contributed by atoms with van der Waals surface area (Å²) in [7, 11) is -3.56. The molecule has 1 aliphatic rings. The molecule has 1 saturated heterocycles. The van der Waals surface area contributed by atoms with Gasteiger partial charge in [-0.15, -0.1) is 11.3 Å². The average Bonchev–Trinajstić information content (AvgIpc) is 3.15. The normalized spacial score (nSPS) is 15.8. The summed E-state index contributed by atoms with van der Waals surface area (Å²) in [5.74, 6) is 0. The molecule has 1 N–H and O–H groups in total. The minimum Gasteiger partial charge on any atom is -0.338 e. The molecule has 140 valence electrons. The molecule has 3 rings (SSSR count). The van der Waals surface area contributed by atoms with Gasteiger partial charge in [0.25, 0.3) is 0 Å². The zero-order valence-corrected chi connectivity index (χ0v) is 16.5. The molecule has 1 aliphatic heterocycles. The highest BCUT2D eigenvalue weighted by molar-refractivity contribution is 7.89. The molecule has 26 heavy (non-hydrogen) atoms. The van der Waals surface area contributed by atoms with Crippen molar-refractivity contribution in [3.8, 4) is 0 Å². The van der Waals surface area contributed by atoms with Gasteiger partial charge in [0.05, 0.1) is 4.90 Å². The number of nitrogens with zero attached hydrogens (tertiary/aromatic N) is 2. The third-order valence-corrected chi connectivity index (χ3v) is 7.31. The number of nitrogens with one attached hydrogen (secondary N) is 1. The molecular formula is C17H20ClN3O3S2. The number of halogens is 1. The molecule has 1 aromatic heterocycles. The molecule has 0 unspecified atom stereocenters. The molecule has 2 aromatic rings. The number of hydrogen-bond donors (Lipinski definition) is 1. The Kier molecular flexibility index (Phi) is 6.18. The molecular weight excluding hydrogens is 394 g/mol. The molecule has 0 spiro atoms. The molecule has 0 atom stereocenters. The van der Waals surface area contributed by atoms with Crippen LogP contribution in [0, 0.1) is 0 Å². The number of piperazine rings is 1. The topological polar surface area (TPSA) is 69.7 Å². The summed E-state index contributed by atoms with van der Waals surface area (Å²) >= 11 is 7.48. The highest BCUT2D eigenvalue weighted by atomic mass is 35.5. The van der Waals surface area contributed by atoms with Gasteiger partial charge in [-0.2, -0.15) is 4.31 Å². The molecule has 6 nitrogen and oxygen atoms in total. The average molecular weight is 414 g/mol. The summed E-state index contributed by atoms with van der Waals surface area (Å²) in [6, 6.07) is 10.0. The Hall–Kier alpha value is -1.61. The molecule has 2 amide bonds. The SMILES string of the molecule is O=C(NCCc1cccs1)N1CCN(S(=O)(=O)c2ccc(Cl)cc2)CC1. The molecule has 0 saturated carbocycles. The van der Waals surface area contributed by atoms with E-state index in [0.717, 1.165) is 6.42 Å². The first-order valence-electron chi connectivity index (χ1n) is 8.28. The monoisotopic (exact) mass is 413 g/mol. The van der Waals surface area contributed by atoms with Gasteiger partial charge >= 0.3 is 6.03 Å². The van der Waals surface area contributed by atoms with E-state index in [-0.39, 0.29) is 24.0 Å². The van der Waals surface area contributed by atoms with Crippen molar-refractivity contribution in [2.24, 2.45) is 0 Å². The number of benzene rings is 1. The lowest BCUT2D eigenvalue weighted by Crippen LogP contribution is -2.53. The molecule has 1 aromatic carbocycles. The van der Waals surface area contributed by atoms with E-state index in [4.69, 9.17) is 11.6 Å². The van der Waals surface area contributed by atoms with Crippen LogP contribution in [-0.4, -0.2) is 56.4 Å². The molecule has 0 radical (unpaired) electrons. The number of sulfonamides is 1. The first-order valence-corrected chi connectivity index (χ1v) is 11.0. The standard InChI is InChI=1S/C17H20ClN3O3S2/c18-14-3-5-16(6-4-14)26(23,24)21-11-9-20(10-12-21)17(22)19-8-7-15-2-1-13-25-15/h1-6,13H,7-12H2,(H,19,22). The highest BCUT2D eigenvalue weighted by Crippen LogP contribution is 2.19. The van der Waals surface area contributed by atoms with Crippen LogP contribution < -0.4 is 5.32 Å². The van der Waals surface area contributed by atoms with Crippen LogP contribution in [0.3, 0.4) is 0 Å². The van der Waals surface area contributed by atoms with Crippen LogP contribution in [0.15, 0.2) is 46.7 Å². The Labute approximate surface area is 162 Å². The quantitative estimate of drug-likeness (QED) is 0.819. The van der Waals surface area contributed by atoms with Crippen LogP contribution in [0.4, 0.5) is 4.79 Å². The number of amides is 2. The number of rotatable bonds is 5. The third kappa shape index (κ3) is 4.56. The van der Waals surface area contributed by atoms with Crippen LogP contribution >= 0.6 is 22.9 Å². The van der Waals surface area contributed by atoms with Crippen molar-refractivity contribution in [1.82, 2.24) is 14.5 Å². The Balaban J connectivity index is 1.50. The molecule has 0 aliphatic carbocycles. The Bertz CT molecular complexity index is 831. The number of carbonyl (C=O) groups excluding carboxylic acids is 1. The summed E-state index contributed by atoms with van der Waals surface area (Å²) in [5.41, 5.74) is 0. The fourth-order valence-corrected chi connectivity index (χ4v) is 5.00. The van der Waals surface area contributed by atoms with Crippen molar-refractivity contribution in [3.05, 3.63) is 51.7 Å². The summed E-state index contributed by atoms with van der Waals surface area (Å²) in [5, 5.41) is 5.40. The number of hydrogen-bond acceptors (Lipinski definition) is 4. The van der Waals surface area contributed by atoms with Crippen LogP contribution in [0.2, 0.25) is 5.02 Å². The second kappa shape index (κ2) is 8.39.